The van der Waals surface area contributed by atoms with Crippen molar-refractivity contribution in [3.05, 3.63) is 102 Å². The zero-order valence-electron chi connectivity index (χ0n) is 22.2. The Balaban J connectivity index is 0.00000242. The Morgan fingerprint density at radius 1 is 0.714 bits per heavy atom. The molecule has 0 aliphatic carbocycles. The fourth-order valence-corrected chi connectivity index (χ4v) is 4.85. The summed E-state index contributed by atoms with van der Waals surface area (Å²) in [5.74, 6) is -1.07. The SMILES string of the molecule is O=C(Nc1ccc2cc(SOO[O-])ccc2c1)c1cccc(C(=O)Nc2ccc3cc(S(=O)(=O)[O-])ccc3c2)n1.[Na+].[Na+]. The molecule has 5 aromatic rings. The molecule has 0 saturated carbocycles. The second-order valence-electron chi connectivity index (χ2n) is 8.44. The maximum Gasteiger partial charge on any atom is 1.00 e. The van der Waals surface area contributed by atoms with Crippen molar-refractivity contribution in [2.45, 2.75) is 9.79 Å². The number of pyridine rings is 1. The van der Waals surface area contributed by atoms with Gasteiger partial charge in [0.2, 0.25) is 0 Å². The van der Waals surface area contributed by atoms with E-state index in [4.69, 9.17) is 0 Å². The Hall–Kier alpha value is -2.37. The normalized spacial score (nSPS) is 10.9. The van der Waals surface area contributed by atoms with E-state index in [1.807, 2.05) is 0 Å². The van der Waals surface area contributed by atoms with Gasteiger partial charge in [-0.2, -0.15) is 4.33 Å². The molecule has 0 atom stereocenters. The van der Waals surface area contributed by atoms with E-state index in [9.17, 15) is 27.8 Å². The summed E-state index contributed by atoms with van der Waals surface area (Å²) in [7, 11) is -4.58. The number of carbonyl (C=O) groups is 2. The maximum absolute atomic E-state index is 12.9. The fraction of sp³-hybridized carbons (Fsp3) is 0. The molecule has 0 radical (unpaired) electrons. The van der Waals surface area contributed by atoms with E-state index in [-0.39, 0.29) is 75.4 Å². The minimum absolute atomic E-state index is 0. The molecular weight excluding hydrogens is 604 g/mol. The molecule has 4 aromatic carbocycles. The summed E-state index contributed by atoms with van der Waals surface area (Å²) >= 11 is 0.777. The van der Waals surface area contributed by atoms with Crippen LogP contribution < -0.4 is 75.0 Å². The van der Waals surface area contributed by atoms with Crippen LogP contribution in [0.1, 0.15) is 21.0 Å². The molecule has 0 saturated heterocycles. The van der Waals surface area contributed by atoms with Crippen molar-refractivity contribution in [2.75, 3.05) is 10.6 Å². The first-order valence-corrected chi connectivity index (χ1v) is 13.6. The average Bonchev–Trinajstić information content (AvgIpc) is 2.95. The van der Waals surface area contributed by atoms with Crippen LogP contribution >= 0.6 is 12.0 Å². The molecule has 0 fully saturated rings. The molecular formula is C27H17N3Na2O8S2. The van der Waals surface area contributed by atoms with E-state index >= 15 is 0 Å². The van der Waals surface area contributed by atoms with Crippen molar-refractivity contribution >= 4 is 66.9 Å². The number of hydrogen-bond donors (Lipinski definition) is 2. The smallest absolute Gasteiger partial charge is 0.744 e. The minimum Gasteiger partial charge on any atom is -0.744 e. The molecule has 0 unspecified atom stereocenters. The van der Waals surface area contributed by atoms with Crippen LogP contribution in [-0.4, -0.2) is 29.8 Å². The number of carbonyl (C=O) groups excluding carboxylic acids is 2. The molecule has 202 valence electrons. The van der Waals surface area contributed by atoms with Gasteiger partial charge < -0.3 is 20.4 Å². The van der Waals surface area contributed by atoms with Crippen LogP contribution in [-0.2, 0) is 19.5 Å². The van der Waals surface area contributed by atoms with E-state index in [1.165, 1.54) is 36.4 Å². The van der Waals surface area contributed by atoms with Gasteiger partial charge in [-0.05, 0) is 82.2 Å². The van der Waals surface area contributed by atoms with Crippen LogP contribution in [0.5, 0.6) is 0 Å². The number of amides is 2. The molecule has 42 heavy (non-hydrogen) atoms. The molecule has 11 nitrogen and oxygen atoms in total. The first kappa shape index (κ1) is 34.1. The summed E-state index contributed by atoms with van der Waals surface area (Å²) in [5.41, 5.74) is 0.960. The van der Waals surface area contributed by atoms with Gasteiger partial charge >= 0.3 is 59.1 Å². The number of nitrogens with one attached hydrogen (secondary N) is 2. The third-order valence-corrected chi connectivity index (χ3v) is 7.20. The Labute approximate surface area is 288 Å². The summed E-state index contributed by atoms with van der Waals surface area (Å²) < 4.78 is 38.1. The van der Waals surface area contributed by atoms with Gasteiger partial charge in [-0.1, -0.05) is 30.3 Å². The van der Waals surface area contributed by atoms with Crippen molar-refractivity contribution < 1.29 is 96.3 Å². The van der Waals surface area contributed by atoms with Crippen LogP contribution in [0.15, 0.2) is 101 Å². The second-order valence-corrected chi connectivity index (χ2v) is 10.6. The number of rotatable bonds is 8. The largest absolute Gasteiger partial charge is 1.00 e. The number of benzene rings is 4. The van der Waals surface area contributed by atoms with Crippen LogP contribution in [0.2, 0.25) is 0 Å². The van der Waals surface area contributed by atoms with Crippen LogP contribution in [0.3, 0.4) is 0 Å². The predicted octanol–water partition coefficient (Wildman–Crippen LogP) is -1.96. The molecule has 0 aliphatic rings. The molecule has 2 amide bonds. The minimum atomic E-state index is -4.58. The van der Waals surface area contributed by atoms with Crippen LogP contribution in [0, 0.1) is 0 Å². The number of aromatic nitrogens is 1. The molecule has 0 bridgehead atoms. The molecule has 1 heterocycles. The fourth-order valence-electron chi connectivity index (χ4n) is 3.94. The van der Waals surface area contributed by atoms with Gasteiger partial charge in [-0.25, -0.2) is 13.4 Å². The zero-order chi connectivity index (χ0) is 28.3. The van der Waals surface area contributed by atoms with E-state index in [0.29, 0.717) is 27.0 Å². The van der Waals surface area contributed by atoms with Crippen LogP contribution in [0.4, 0.5) is 11.4 Å². The number of nitrogens with zero attached hydrogens (tertiary/aromatic N) is 1. The predicted molar refractivity (Wildman–Crippen MR) is 144 cm³/mol. The van der Waals surface area contributed by atoms with Gasteiger partial charge in [0.15, 0.2) is 0 Å². The molecule has 5 rings (SSSR count). The standard InChI is InChI=1S/C27H19N3O8S2.2Na/c31-26(28-20-8-4-18-14-22(39-38-37-33)10-6-16(18)12-20)24-2-1-3-25(30-24)27(32)29-21-9-5-19-15-23(40(34,35)36)11-7-17(19)13-21;;/h1-15,33H,(H,28,31)(H,29,32)(H,34,35,36);;/q;2*+1/p-2. The third-order valence-electron chi connectivity index (χ3n) is 5.80. The van der Waals surface area contributed by atoms with Gasteiger partial charge in [0.25, 0.3) is 11.8 Å². The average molecular weight is 622 g/mol. The monoisotopic (exact) mass is 621 g/mol. The van der Waals surface area contributed by atoms with Gasteiger partial charge in [-0.3, -0.25) is 14.6 Å². The molecule has 0 spiro atoms. The van der Waals surface area contributed by atoms with Crippen molar-refractivity contribution in [3.63, 3.8) is 0 Å². The third kappa shape index (κ3) is 8.38. The Morgan fingerprint density at radius 3 is 1.76 bits per heavy atom. The summed E-state index contributed by atoms with van der Waals surface area (Å²) in [6.07, 6.45) is 0. The zero-order valence-corrected chi connectivity index (χ0v) is 27.8. The van der Waals surface area contributed by atoms with Crippen molar-refractivity contribution in [1.29, 1.82) is 0 Å². The number of hydrogen-bond acceptors (Lipinski definition) is 10. The van der Waals surface area contributed by atoms with E-state index in [2.05, 4.69) is 25.0 Å². The summed E-state index contributed by atoms with van der Waals surface area (Å²) in [4.78, 5) is 30.2. The summed E-state index contributed by atoms with van der Waals surface area (Å²) in [6.45, 7) is 0. The summed E-state index contributed by atoms with van der Waals surface area (Å²) in [6, 6.07) is 23.7. The first-order valence-electron chi connectivity index (χ1n) is 11.5. The van der Waals surface area contributed by atoms with E-state index < -0.39 is 21.9 Å². The van der Waals surface area contributed by atoms with Crippen LogP contribution in [0.25, 0.3) is 21.5 Å². The van der Waals surface area contributed by atoms with Gasteiger partial charge in [-0.15, -0.1) is 0 Å². The number of anilines is 2. The Kier molecular flexibility index (Phi) is 12.1. The van der Waals surface area contributed by atoms with Crippen molar-refractivity contribution in [2.24, 2.45) is 0 Å². The maximum atomic E-state index is 12.9. The molecule has 0 aliphatic heterocycles. The Morgan fingerprint density at radius 2 is 1.21 bits per heavy atom. The molecule has 1 aromatic heterocycles. The number of fused-ring (bicyclic) bond motifs is 2. The topological polar surface area (TPSA) is 170 Å². The molecule has 2 N–H and O–H groups in total. The molecule has 15 heteroatoms. The van der Waals surface area contributed by atoms with Crippen molar-refractivity contribution in [1.82, 2.24) is 4.98 Å². The van der Waals surface area contributed by atoms with Gasteiger partial charge in [0, 0.05) is 16.3 Å². The quantitative estimate of drug-likeness (QED) is 0.0652. The van der Waals surface area contributed by atoms with E-state index in [1.54, 1.807) is 54.6 Å². The summed E-state index contributed by atoms with van der Waals surface area (Å²) in [5, 5.41) is 21.6. The van der Waals surface area contributed by atoms with E-state index in [0.717, 1.165) is 22.8 Å². The Bertz CT molecular complexity index is 1890. The first-order chi connectivity index (χ1) is 19.2. The second kappa shape index (κ2) is 14.9. The van der Waals surface area contributed by atoms with Gasteiger partial charge in [0.1, 0.15) is 21.5 Å². The van der Waals surface area contributed by atoms with Crippen molar-refractivity contribution in [3.8, 4) is 0 Å². The van der Waals surface area contributed by atoms with Gasteiger partial charge in [0.05, 0.1) is 16.9 Å².